The van der Waals surface area contributed by atoms with Crippen molar-refractivity contribution in [2.75, 3.05) is 0 Å². The van der Waals surface area contributed by atoms with E-state index in [9.17, 15) is 4.79 Å². The number of benzene rings is 1. The number of fused-ring (bicyclic) bond motifs is 1. The van der Waals surface area contributed by atoms with Crippen molar-refractivity contribution in [3.05, 3.63) is 36.1 Å². The summed E-state index contributed by atoms with van der Waals surface area (Å²) in [5.74, 6) is 0.247. The van der Waals surface area contributed by atoms with Crippen molar-refractivity contribution in [1.82, 2.24) is 5.32 Å². The standard InChI is InChI=1S/C14H17NO2/c1-3-6-10(2)15-14(16)13-9-11-7-4-5-8-12(11)17-13/h4-5,7-10H,3,6H2,1-2H3,(H,15,16)/t10-/m1/s1. The number of hydrogen-bond donors (Lipinski definition) is 1. The van der Waals surface area contributed by atoms with Gasteiger partial charge < -0.3 is 9.73 Å². The highest BCUT2D eigenvalue weighted by Gasteiger charge is 2.13. The van der Waals surface area contributed by atoms with Crippen LogP contribution in [0.2, 0.25) is 0 Å². The van der Waals surface area contributed by atoms with Gasteiger partial charge in [-0.3, -0.25) is 4.79 Å². The van der Waals surface area contributed by atoms with Gasteiger partial charge in [0, 0.05) is 11.4 Å². The molecule has 2 rings (SSSR count). The molecule has 1 heterocycles. The topological polar surface area (TPSA) is 42.2 Å². The second kappa shape index (κ2) is 5.04. The zero-order valence-electron chi connectivity index (χ0n) is 10.2. The van der Waals surface area contributed by atoms with Crippen molar-refractivity contribution in [1.29, 1.82) is 0 Å². The number of carbonyl (C=O) groups is 1. The van der Waals surface area contributed by atoms with Gasteiger partial charge in [0.25, 0.3) is 5.91 Å². The van der Waals surface area contributed by atoms with Gasteiger partial charge in [0.2, 0.25) is 0 Å². The summed E-state index contributed by atoms with van der Waals surface area (Å²) < 4.78 is 5.50. The van der Waals surface area contributed by atoms with Gasteiger partial charge in [-0.1, -0.05) is 31.5 Å². The molecular formula is C14H17NO2. The average molecular weight is 231 g/mol. The van der Waals surface area contributed by atoms with Crippen LogP contribution < -0.4 is 5.32 Å². The van der Waals surface area contributed by atoms with E-state index in [1.54, 1.807) is 6.07 Å². The van der Waals surface area contributed by atoms with Crippen LogP contribution in [0.4, 0.5) is 0 Å². The summed E-state index contributed by atoms with van der Waals surface area (Å²) in [4.78, 5) is 11.9. The molecule has 3 nitrogen and oxygen atoms in total. The molecule has 0 saturated carbocycles. The summed E-state index contributed by atoms with van der Waals surface area (Å²) in [5, 5.41) is 3.88. The lowest BCUT2D eigenvalue weighted by atomic mass is 10.2. The average Bonchev–Trinajstić information content (AvgIpc) is 2.72. The minimum Gasteiger partial charge on any atom is -0.451 e. The van der Waals surface area contributed by atoms with Crippen LogP contribution in [0.1, 0.15) is 37.2 Å². The SMILES string of the molecule is CCC[C@@H](C)NC(=O)c1cc2ccccc2o1. The monoisotopic (exact) mass is 231 g/mol. The maximum Gasteiger partial charge on any atom is 0.287 e. The Morgan fingerprint density at radius 2 is 2.18 bits per heavy atom. The van der Waals surface area contributed by atoms with E-state index < -0.39 is 0 Å². The molecule has 1 aromatic heterocycles. The molecule has 3 heteroatoms. The highest BCUT2D eigenvalue weighted by Crippen LogP contribution is 2.18. The summed E-state index contributed by atoms with van der Waals surface area (Å²) in [5.41, 5.74) is 0.751. The third kappa shape index (κ3) is 2.67. The first kappa shape index (κ1) is 11.7. The zero-order chi connectivity index (χ0) is 12.3. The van der Waals surface area contributed by atoms with Crippen LogP contribution in [-0.2, 0) is 0 Å². The van der Waals surface area contributed by atoms with Gasteiger partial charge in [0.05, 0.1) is 0 Å². The lowest BCUT2D eigenvalue weighted by molar-refractivity contribution is 0.0912. The van der Waals surface area contributed by atoms with Crippen LogP contribution in [0, 0.1) is 0 Å². The third-order valence-electron chi connectivity index (χ3n) is 2.75. The van der Waals surface area contributed by atoms with Crippen LogP contribution in [0.25, 0.3) is 11.0 Å². The number of rotatable bonds is 4. The highest BCUT2D eigenvalue weighted by molar-refractivity contribution is 5.96. The Labute approximate surface area is 101 Å². The van der Waals surface area contributed by atoms with E-state index in [0.717, 1.165) is 23.8 Å². The van der Waals surface area contributed by atoms with Crippen molar-refractivity contribution in [3.8, 4) is 0 Å². The summed E-state index contributed by atoms with van der Waals surface area (Å²) in [7, 11) is 0. The molecule has 0 fully saturated rings. The molecule has 90 valence electrons. The van der Waals surface area contributed by atoms with Crippen LogP contribution in [0.5, 0.6) is 0 Å². The van der Waals surface area contributed by atoms with E-state index in [4.69, 9.17) is 4.42 Å². The van der Waals surface area contributed by atoms with Gasteiger partial charge in [-0.25, -0.2) is 0 Å². The zero-order valence-corrected chi connectivity index (χ0v) is 10.2. The van der Waals surface area contributed by atoms with Crippen LogP contribution >= 0.6 is 0 Å². The van der Waals surface area contributed by atoms with E-state index >= 15 is 0 Å². The van der Waals surface area contributed by atoms with Gasteiger partial charge in [-0.2, -0.15) is 0 Å². The minimum atomic E-state index is -0.137. The summed E-state index contributed by atoms with van der Waals surface area (Å²) >= 11 is 0. The fourth-order valence-corrected chi connectivity index (χ4v) is 1.89. The first-order valence-electron chi connectivity index (χ1n) is 6.00. The molecule has 0 unspecified atom stereocenters. The molecule has 0 aliphatic rings. The second-order valence-electron chi connectivity index (χ2n) is 4.31. The van der Waals surface area contributed by atoms with E-state index in [-0.39, 0.29) is 11.9 Å². The molecule has 17 heavy (non-hydrogen) atoms. The highest BCUT2D eigenvalue weighted by atomic mass is 16.3. The molecule has 1 amide bonds. The fourth-order valence-electron chi connectivity index (χ4n) is 1.89. The van der Waals surface area contributed by atoms with E-state index in [1.165, 1.54) is 0 Å². The maximum absolute atomic E-state index is 11.9. The predicted octanol–water partition coefficient (Wildman–Crippen LogP) is 3.35. The molecule has 0 aliphatic carbocycles. The normalized spacial score (nSPS) is 12.6. The van der Waals surface area contributed by atoms with Gasteiger partial charge >= 0.3 is 0 Å². The van der Waals surface area contributed by atoms with Crippen molar-refractivity contribution in [2.24, 2.45) is 0 Å². The van der Waals surface area contributed by atoms with E-state index in [2.05, 4.69) is 12.2 Å². The molecule has 1 aromatic carbocycles. The maximum atomic E-state index is 11.9. The van der Waals surface area contributed by atoms with Crippen LogP contribution in [0.15, 0.2) is 34.7 Å². The van der Waals surface area contributed by atoms with E-state index in [1.807, 2.05) is 31.2 Å². The number of para-hydroxylation sites is 1. The quantitative estimate of drug-likeness (QED) is 0.876. The number of hydrogen-bond acceptors (Lipinski definition) is 2. The van der Waals surface area contributed by atoms with Crippen molar-refractivity contribution in [3.63, 3.8) is 0 Å². The molecule has 0 aliphatic heterocycles. The number of furan rings is 1. The molecule has 1 N–H and O–H groups in total. The van der Waals surface area contributed by atoms with Gasteiger partial charge in [-0.15, -0.1) is 0 Å². The first-order valence-corrected chi connectivity index (χ1v) is 6.00. The minimum absolute atomic E-state index is 0.137. The predicted molar refractivity (Wildman–Crippen MR) is 68.1 cm³/mol. The molecule has 0 radical (unpaired) electrons. The molecule has 1 atom stereocenters. The largest absolute Gasteiger partial charge is 0.451 e. The Morgan fingerprint density at radius 3 is 2.88 bits per heavy atom. The Balaban J connectivity index is 2.13. The Bertz CT molecular complexity index is 483. The Morgan fingerprint density at radius 1 is 1.41 bits per heavy atom. The number of carbonyl (C=O) groups excluding carboxylic acids is 1. The molecule has 0 spiro atoms. The van der Waals surface area contributed by atoms with Crippen LogP contribution in [-0.4, -0.2) is 11.9 Å². The summed E-state index contributed by atoms with van der Waals surface area (Å²) in [6, 6.07) is 9.59. The first-order chi connectivity index (χ1) is 8.20. The second-order valence-corrected chi connectivity index (χ2v) is 4.31. The van der Waals surface area contributed by atoms with Gasteiger partial charge in [0.1, 0.15) is 5.58 Å². The third-order valence-corrected chi connectivity index (χ3v) is 2.75. The summed E-state index contributed by atoms with van der Waals surface area (Å²) in [6.07, 6.45) is 2.04. The van der Waals surface area contributed by atoms with Crippen molar-refractivity contribution >= 4 is 16.9 Å². The lowest BCUT2D eigenvalue weighted by Gasteiger charge is -2.10. The van der Waals surface area contributed by atoms with Gasteiger partial charge in [0.15, 0.2) is 5.76 Å². The van der Waals surface area contributed by atoms with Gasteiger partial charge in [-0.05, 0) is 25.5 Å². The lowest BCUT2D eigenvalue weighted by Crippen LogP contribution is -2.32. The Kier molecular flexibility index (Phi) is 3.47. The Hall–Kier alpha value is -1.77. The molecule has 0 bridgehead atoms. The fraction of sp³-hybridized carbons (Fsp3) is 0.357. The number of nitrogens with one attached hydrogen (secondary N) is 1. The van der Waals surface area contributed by atoms with E-state index in [0.29, 0.717) is 5.76 Å². The number of amides is 1. The smallest absolute Gasteiger partial charge is 0.287 e. The van der Waals surface area contributed by atoms with Crippen molar-refractivity contribution < 1.29 is 9.21 Å². The molecule has 0 saturated heterocycles. The molecule has 2 aromatic rings. The van der Waals surface area contributed by atoms with Crippen LogP contribution in [0.3, 0.4) is 0 Å². The van der Waals surface area contributed by atoms with Crippen molar-refractivity contribution in [2.45, 2.75) is 32.7 Å². The molecular weight excluding hydrogens is 214 g/mol. The summed E-state index contributed by atoms with van der Waals surface area (Å²) in [6.45, 7) is 4.11.